The average Bonchev–Trinajstić information content (AvgIpc) is 3.22. The van der Waals surface area contributed by atoms with Crippen molar-refractivity contribution in [3.05, 3.63) is 52.4 Å². The van der Waals surface area contributed by atoms with Crippen LogP contribution in [-0.2, 0) is 11.2 Å². The number of hydrogen-bond acceptors (Lipinski definition) is 7. The van der Waals surface area contributed by atoms with Gasteiger partial charge in [-0.3, -0.25) is 4.90 Å². The summed E-state index contributed by atoms with van der Waals surface area (Å²) in [6.45, 7) is 7.62. The number of nitrogens with one attached hydrogen (secondary N) is 1. The maximum absolute atomic E-state index is 11.5. The van der Waals surface area contributed by atoms with Gasteiger partial charge in [-0.1, -0.05) is 30.7 Å². The third kappa shape index (κ3) is 4.37. The van der Waals surface area contributed by atoms with Gasteiger partial charge in [-0.15, -0.1) is 0 Å². The molecular weight excluding hydrogens is 426 g/mol. The molecule has 2 aliphatic heterocycles. The van der Waals surface area contributed by atoms with Crippen LogP contribution in [0.25, 0.3) is 0 Å². The number of rotatable bonds is 5. The molecule has 0 radical (unpaired) electrons. The Bertz CT molecular complexity index is 913. The number of anilines is 1. The van der Waals surface area contributed by atoms with Gasteiger partial charge in [0.05, 0.1) is 13.2 Å². The molecule has 0 spiro atoms. The summed E-state index contributed by atoms with van der Waals surface area (Å²) < 4.78 is 5.73. The monoisotopic (exact) mass is 457 g/mol. The van der Waals surface area contributed by atoms with Crippen LogP contribution in [0.5, 0.6) is 0 Å². The zero-order valence-corrected chi connectivity index (χ0v) is 19.3. The van der Waals surface area contributed by atoms with Crippen LogP contribution in [0.2, 0.25) is 5.02 Å². The highest BCUT2D eigenvalue weighted by atomic mass is 35.5. The number of benzene rings is 1. The fraction of sp³-hybridized carbons (Fsp3) is 0.583. The molecule has 1 aromatic carbocycles. The molecule has 32 heavy (non-hydrogen) atoms. The number of aliphatic hydroxyl groups is 1. The summed E-state index contributed by atoms with van der Waals surface area (Å²) in [4.78, 5) is 13.7. The molecule has 5 rings (SSSR count). The highest BCUT2D eigenvalue weighted by molar-refractivity contribution is 6.30. The van der Waals surface area contributed by atoms with Crippen molar-refractivity contribution in [3.63, 3.8) is 0 Å². The van der Waals surface area contributed by atoms with E-state index in [2.05, 4.69) is 32.0 Å². The Morgan fingerprint density at radius 1 is 1.16 bits per heavy atom. The zero-order chi connectivity index (χ0) is 22.1. The molecule has 1 unspecified atom stereocenters. The van der Waals surface area contributed by atoms with Gasteiger partial charge in [-0.2, -0.15) is 0 Å². The lowest BCUT2D eigenvalue weighted by Gasteiger charge is -2.43. The van der Waals surface area contributed by atoms with Crippen LogP contribution in [-0.4, -0.2) is 78.2 Å². The second kappa shape index (κ2) is 9.61. The third-order valence-electron chi connectivity index (χ3n) is 7.20. The molecule has 2 fully saturated rings. The minimum atomic E-state index is -0.604. The van der Waals surface area contributed by atoms with Crippen molar-refractivity contribution in [1.82, 2.24) is 20.2 Å². The number of hydrogen-bond donors (Lipinski definition) is 2. The molecule has 0 amide bonds. The normalized spacial score (nSPS) is 26.0. The minimum Gasteiger partial charge on any atom is -0.378 e. The first-order valence-corrected chi connectivity index (χ1v) is 12.1. The Morgan fingerprint density at radius 2 is 1.94 bits per heavy atom. The van der Waals surface area contributed by atoms with Gasteiger partial charge >= 0.3 is 0 Å². The number of aromatic nitrogens is 2. The van der Waals surface area contributed by atoms with E-state index in [-0.39, 0.29) is 12.0 Å². The number of nitrogens with zero attached hydrogens (tertiary/aromatic N) is 4. The number of piperazine rings is 1. The van der Waals surface area contributed by atoms with Crippen molar-refractivity contribution in [3.8, 4) is 0 Å². The van der Waals surface area contributed by atoms with Gasteiger partial charge in [0.15, 0.2) is 0 Å². The van der Waals surface area contributed by atoms with E-state index in [1.807, 2.05) is 24.3 Å². The molecule has 1 aromatic heterocycles. The Hall–Kier alpha value is -1.77. The van der Waals surface area contributed by atoms with Crippen LogP contribution in [0.15, 0.2) is 30.6 Å². The summed E-state index contributed by atoms with van der Waals surface area (Å²) in [5.41, 5.74) is 3.61. The van der Waals surface area contributed by atoms with Crippen molar-refractivity contribution >= 4 is 17.4 Å². The van der Waals surface area contributed by atoms with Crippen LogP contribution in [0.4, 0.5) is 5.82 Å². The van der Waals surface area contributed by atoms with Crippen LogP contribution < -0.4 is 10.2 Å². The van der Waals surface area contributed by atoms with Crippen molar-refractivity contribution < 1.29 is 9.84 Å². The molecular formula is C24H32ClN5O2. The minimum absolute atomic E-state index is 0.0592. The van der Waals surface area contributed by atoms with Crippen molar-refractivity contribution in [2.75, 3.05) is 50.8 Å². The van der Waals surface area contributed by atoms with E-state index >= 15 is 0 Å². The Balaban J connectivity index is 1.31. The number of halogens is 1. The zero-order valence-electron chi connectivity index (χ0n) is 18.6. The van der Waals surface area contributed by atoms with Crippen molar-refractivity contribution in [2.45, 2.75) is 43.9 Å². The van der Waals surface area contributed by atoms with Gasteiger partial charge in [0.1, 0.15) is 18.4 Å². The first kappa shape index (κ1) is 22.0. The molecule has 3 heterocycles. The predicted molar refractivity (Wildman–Crippen MR) is 125 cm³/mol. The molecule has 2 aromatic rings. The number of morpholine rings is 1. The van der Waals surface area contributed by atoms with Crippen LogP contribution in [0.3, 0.4) is 0 Å². The van der Waals surface area contributed by atoms with Crippen molar-refractivity contribution in [1.29, 1.82) is 0 Å². The van der Waals surface area contributed by atoms with E-state index in [1.54, 1.807) is 6.33 Å². The molecule has 7 nitrogen and oxygen atoms in total. The number of aryl methyl sites for hydroxylation is 1. The molecule has 172 valence electrons. The topological polar surface area (TPSA) is 73.8 Å². The van der Waals surface area contributed by atoms with Gasteiger partial charge in [0.2, 0.25) is 0 Å². The molecule has 0 saturated carbocycles. The van der Waals surface area contributed by atoms with Crippen LogP contribution in [0.1, 0.15) is 42.0 Å². The van der Waals surface area contributed by atoms with Gasteiger partial charge < -0.3 is 20.1 Å². The van der Waals surface area contributed by atoms with E-state index in [0.717, 1.165) is 56.9 Å². The second-order valence-electron chi connectivity index (χ2n) is 9.15. The SMILES string of the molecule is C[C@@H]1CCc2ncnc(N3CCN(C(O)[C@@H](c4ccc(Cl)cc4)[C@@H]4COCCN4)CC3)c21. The molecule has 4 atom stereocenters. The Morgan fingerprint density at radius 3 is 2.66 bits per heavy atom. The summed E-state index contributed by atoms with van der Waals surface area (Å²) in [6, 6.07) is 7.90. The van der Waals surface area contributed by atoms with E-state index in [0.29, 0.717) is 24.2 Å². The number of fused-ring (bicyclic) bond motifs is 1. The maximum Gasteiger partial charge on any atom is 0.135 e. The third-order valence-corrected chi connectivity index (χ3v) is 7.45. The Kier molecular flexibility index (Phi) is 6.62. The van der Waals surface area contributed by atoms with Crippen LogP contribution in [0, 0.1) is 0 Å². The second-order valence-corrected chi connectivity index (χ2v) is 9.58. The van der Waals surface area contributed by atoms with Gasteiger partial charge in [0.25, 0.3) is 0 Å². The van der Waals surface area contributed by atoms with Gasteiger partial charge in [-0.05, 0) is 36.5 Å². The van der Waals surface area contributed by atoms with Crippen LogP contribution >= 0.6 is 11.6 Å². The summed E-state index contributed by atoms with van der Waals surface area (Å²) in [7, 11) is 0. The highest BCUT2D eigenvalue weighted by Gasteiger charge is 2.37. The molecule has 0 bridgehead atoms. The molecule has 3 aliphatic rings. The fourth-order valence-electron chi connectivity index (χ4n) is 5.41. The fourth-order valence-corrected chi connectivity index (χ4v) is 5.54. The standard InChI is InChI=1S/C24H32ClN5O2/c1-16-2-7-19-21(16)23(28-15-27-19)29-9-11-30(12-10-29)24(31)22(20-14-32-13-8-26-20)17-3-5-18(25)6-4-17/h3-6,15-16,20,22,24,26,31H,2,7-14H2,1H3/t16-,20+,22+,24?/m1/s1. The highest BCUT2D eigenvalue weighted by Crippen LogP contribution is 2.37. The van der Waals surface area contributed by atoms with E-state index < -0.39 is 6.23 Å². The lowest BCUT2D eigenvalue weighted by molar-refractivity contribution is -0.0448. The smallest absolute Gasteiger partial charge is 0.135 e. The summed E-state index contributed by atoms with van der Waals surface area (Å²) in [5, 5.41) is 15.8. The molecule has 2 N–H and O–H groups in total. The first-order valence-electron chi connectivity index (χ1n) is 11.7. The molecule has 2 saturated heterocycles. The number of aliphatic hydroxyl groups excluding tert-OH is 1. The maximum atomic E-state index is 11.5. The lowest BCUT2D eigenvalue weighted by Crippen LogP contribution is -2.56. The lowest BCUT2D eigenvalue weighted by atomic mass is 9.88. The average molecular weight is 458 g/mol. The quantitative estimate of drug-likeness (QED) is 0.714. The van der Waals surface area contributed by atoms with Gasteiger partial charge in [0, 0.05) is 61.0 Å². The van der Waals surface area contributed by atoms with E-state index in [9.17, 15) is 5.11 Å². The number of ether oxygens (including phenoxy) is 1. The van der Waals surface area contributed by atoms with Gasteiger partial charge in [-0.25, -0.2) is 9.97 Å². The largest absolute Gasteiger partial charge is 0.378 e. The van der Waals surface area contributed by atoms with Crippen molar-refractivity contribution in [2.24, 2.45) is 0 Å². The summed E-state index contributed by atoms with van der Waals surface area (Å²) >= 11 is 6.13. The Labute approximate surface area is 194 Å². The van der Waals surface area contributed by atoms with E-state index in [1.165, 1.54) is 11.3 Å². The van der Waals surface area contributed by atoms with E-state index in [4.69, 9.17) is 16.3 Å². The predicted octanol–water partition coefficient (Wildman–Crippen LogP) is 2.39. The first-order chi connectivity index (χ1) is 15.6. The summed E-state index contributed by atoms with van der Waals surface area (Å²) in [5.74, 6) is 1.50. The summed E-state index contributed by atoms with van der Waals surface area (Å²) in [6.07, 6.45) is 3.30. The molecule has 1 aliphatic carbocycles. The molecule has 8 heteroatoms.